The molecule has 0 radical (unpaired) electrons. The van der Waals surface area contributed by atoms with E-state index in [9.17, 15) is 18.0 Å². The third-order valence-electron chi connectivity index (χ3n) is 5.20. The number of carbonyl (C=O) groups excluding carboxylic acids is 2. The van der Waals surface area contributed by atoms with Crippen LogP contribution in [0, 0.1) is 6.92 Å². The quantitative estimate of drug-likeness (QED) is 0.468. The summed E-state index contributed by atoms with van der Waals surface area (Å²) in [5.74, 6) is -0.881. The molecule has 0 bridgehead atoms. The smallest absolute Gasteiger partial charge is 0.244 e. The van der Waals surface area contributed by atoms with Crippen LogP contribution >= 0.6 is 34.8 Å². The summed E-state index contributed by atoms with van der Waals surface area (Å²) in [6, 6.07) is 8.86. The van der Waals surface area contributed by atoms with Crippen LogP contribution in [0.4, 0.5) is 5.69 Å². The van der Waals surface area contributed by atoms with Crippen LogP contribution in [-0.2, 0) is 26.2 Å². The first-order valence-electron chi connectivity index (χ1n) is 10.6. The van der Waals surface area contributed by atoms with Crippen LogP contribution in [0.3, 0.4) is 0 Å². The Labute approximate surface area is 216 Å². The van der Waals surface area contributed by atoms with Crippen molar-refractivity contribution in [3.8, 4) is 0 Å². The molecule has 0 saturated heterocycles. The number of benzene rings is 2. The Morgan fingerprint density at radius 1 is 1.00 bits per heavy atom. The lowest BCUT2D eigenvalue weighted by atomic mass is 10.1. The summed E-state index contributed by atoms with van der Waals surface area (Å²) in [5, 5.41) is 3.78. The summed E-state index contributed by atoms with van der Waals surface area (Å²) >= 11 is 18.3. The number of amides is 2. The van der Waals surface area contributed by atoms with E-state index in [-0.39, 0.29) is 18.1 Å². The van der Waals surface area contributed by atoms with Gasteiger partial charge in [0.15, 0.2) is 0 Å². The third-order valence-corrected chi connectivity index (χ3v) is 7.48. The van der Waals surface area contributed by atoms with Crippen molar-refractivity contribution in [3.05, 3.63) is 62.6 Å². The predicted octanol–water partition coefficient (Wildman–Crippen LogP) is 4.66. The zero-order chi connectivity index (χ0) is 25.6. The first kappa shape index (κ1) is 28.2. The maximum absolute atomic E-state index is 13.5. The van der Waals surface area contributed by atoms with Gasteiger partial charge in [-0.3, -0.25) is 13.9 Å². The lowest BCUT2D eigenvalue weighted by Crippen LogP contribution is -2.52. The van der Waals surface area contributed by atoms with Crippen LogP contribution in [0.25, 0.3) is 0 Å². The molecule has 0 aromatic heterocycles. The van der Waals surface area contributed by atoms with Crippen molar-refractivity contribution in [3.63, 3.8) is 0 Å². The molecule has 2 aromatic carbocycles. The molecule has 0 unspecified atom stereocenters. The van der Waals surface area contributed by atoms with Gasteiger partial charge in [-0.1, -0.05) is 53.9 Å². The summed E-state index contributed by atoms with van der Waals surface area (Å²) in [7, 11) is -3.84. The first-order valence-corrected chi connectivity index (χ1v) is 13.6. The molecule has 2 aromatic rings. The highest BCUT2D eigenvalue weighted by atomic mass is 35.5. The molecule has 2 amide bonds. The number of likely N-dealkylation sites (N-methyl/N-ethyl adjacent to an activating group) is 1. The van der Waals surface area contributed by atoms with Gasteiger partial charge in [0.05, 0.1) is 22.0 Å². The summed E-state index contributed by atoms with van der Waals surface area (Å²) in [4.78, 5) is 27.7. The van der Waals surface area contributed by atoms with E-state index in [0.29, 0.717) is 33.6 Å². The Hall–Kier alpha value is -2.00. The van der Waals surface area contributed by atoms with Crippen molar-refractivity contribution in [1.82, 2.24) is 10.2 Å². The number of aryl methyl sites for hydroxylation is 1. The van der Waals surface area contributed by atoms with Gasteiger partial charge in [0.2, 0.25) is 21.8 Å². The van der Waals surface area contributed by atoms with Crippen LogP contribution in [0.1, 0.15) is 31.4 Å². The minimum Gasteiger partial charge on any atom is -0.355 e. The fourth-order valence-corrected chi connectivity index (χ4v) is 4.73. The second-order valence-electron chi connectivity index (χ2n) is 7.79. The van der Waals surface area contributed by atoms with Crippen molar-refractivity contribution >= 4 is 62.3 Å². The number of rotatable bonds is 10. The molecule has 0 aliphatic carbocycles. The Bertz CT molecular complexity index is 1160. The number of nitrogens with one attached hydrogen (secondary N) is 1. The van der Waals surface area contributed by atoms with E-state index in [4.69, 9.17) is 34.8 Å². The highest BCUT2D eigenvalue weighted by Gasteiger charge is 2.31. The fourth-order valence-electron chi connectivity index (χ4n) is 3.40. The van der Waals surface area contributed by atoms with E-state index in [2.05, 4.69) is 5.32 Å². The molecule has 1 atom stereocenters. The van der Waals surface area contributed by atoms with Crippen molar-refractivity contribution in [2.45, 2.75) is 39.8 Å². The van der Waals surface area contributed by atoms with Gasteiger partial charge in [-0.25, -0.2) is 8.42 Å². The predicted molar refractivity (Wildman–Crippen MR) is 138 cm³/mol. The molecule has 2 rings (SSSR count). The summed E-state index contributed by atoms with van der Waals surface area (Å²) < 4.78 is 26.2. The molecule has 34 heavy (non-hydrogen) atoms. The zero-order valence-electron chi connectivity index (χ0n) is 19.4. The van der Waals surface area contributed by atoms with E-state index in [1.54, 1.807) is 51.1 Å². The van der Waals surface area contributed by atoms with Gasteiger partial charge in [0.25, 0.3) is 0 Å². The molecule has 0 spiro atoms. The van der Waals surface area contributed by atoms with Crippen molar-refractivity contribution in [2.24, 2.45) is 0 Å². The van der Waals surface area contributed by atoms with E-state index < -0.39 is 28.5 Å². The number of carbonyl (C=O) groups is 2. The fraction of sp³-hybridized carbons (Fsp3) is 0.391. The molecule has 0 heterocycles. The number of sulfonamides is 1. The van der Waals surface area contributed by atoms with Crippen molar-refractivity contribution < 1.29 is 18.0 Å². The molecule has 0 saturated carbocycles. The van der Waals surface area contributed by atoms with E-state index in [0.717, 1.165) is 16.1 Å². The van der Waals surface area contributed by atoms with Gasteiger partial charge in [-0.15, -0.1) is 0 Å². The molecular weight excluding hydrogens is 521 g/mol. The van der Waals surface area contributed by atoms with Crippen LogP contribution in [-0.4, -0.2) is 50.5 Å². The second kappa shape index (κ2) is 12.1. The van der Waals surface area contributed by atoms with Crippen LogP contribution in [0.5, 0.6) is 0 Å². The standard InChI is InChI=1S/C23H28Cl3N3O4S/c1-5-21(23(31)27-6-2)28(13-16-8-10-18(24)20(26)11-16)22(30)14-29(34(4,32)33)17-9-7-15(3)19(25)12-17/h7-12,21H,5-6,13-14H2,1-4H3,(H,27,31)/t21-/m0/s1. The van der Waals surface area contributed by atoms with Gasteiger partial charge in [0, 0.05) is 18.1 Å². The Morgan fingerprint density at radius 2 is 1.68 bits per heavy atom. The summed E-state index contributed by atoms with van der Waals surface area (Å²) in [6.45, 7) is 5.28. The van der Waals surface area contributed by atoms with Gasteiger partial charge < -0.3 is 10.2 Å². The molecule has 7 nitrogen and oxygen atoms in total. The van der Waals surface area contributed by atoms with Gasteiger partial charge in [-0.05, 0) is 55.7 Å². The summed E-state index contributed by atoms with van der Waals surface area (Å²) in [5.41, 5.74) is 1.68. The topological polar surface area (TPSA) is 86.8 Å². The zero-order valence-corrected chi connectivity index (χ0v) is 22.5. The average Bonchev–Trinajstić information content (AvgIpc) is 2.75. The Morgan fingerprint density at radius 3 is 2.21 bits per heavy atom. The normalized spacial score (nSPS) is 12.2. The molecule has 0 fully saturated rings. The highest BCUT2D eigenvalue weighted by Crippen LogP contribution is 2.27. The third kappa shape index (κ3) is 7.25. The van der Waals surface area contributed by atoms with E-state index in [1.807, 2.05) is 0 Å². The van der Waals surface area contributed by atoms with E-state index >= 15 is 0 Å². The maximum atomic E-state index is 13.5. The minimum atomic E-state index is -3.84. The van der Waals surface area contributed by atoms with Crippen LogP contribution in [0.2, 0.25) is 15.1 Å². The van der Waals surface area contributed by atoms with Gasteiger partial charge in [-0.2, -0.15) is 0 Å². The lowest BCUT2D eigenvalue weighted by Gasteiger charge is -2.33. The van der Waals surface area contributed by atoms with Crippen LogP contribution < -0.4 is 9.62 Å². The molecular formula is C23H28Cl3N3O4S. The number of anilines is 1. The number of halogens is 3. The van der Waals surface area contributed by atoms with Gasteiger partial charge in [0.1, 0.15) is 12.6 Å². The highest BCUT2D eigenvalue weighted by molar-refractivity contribution is 7.92. The second-order valence-corrected chi connectivity index (χ2v) is 10.9. The molecule has 11 heteroatoms. The number of nitrogens with zero attached hydrogens (tertiary/aromatic N) is 2. The Kier molecular flexibility index (Phi) is 10.1. The molecule has 186 valence electrons. The Balaban J connectivity index is 2.47. The molecule has 1 N–H and O–H groups in total. The molecule has 0 aliphatic heterocycles. The van der Waals surface area contributed by atoms with Crippen molar-refractivity contribution in [1.29, 1.82) is 0 Å². The average molecular weight is 549 g/mol. The summed E-state index contributed by atoms with van der Waals surface area (Å²) in [6.07, 6.45) is 1.34. The largest absolute Gasteiger partial charge is 0.355 e. The number of hydrogen-bond acceptors (Lipinski definition) is 4. The first-order chi connectivity index (χ1) is 15.9. The SMILES string of the molecule is CCNC(=O)[C@H](CC)N(Cc1ccc(Cl)c(Cl)c1)C(=O)CN(c1ccc(C)c(Cl)c1)S(C)(=O)=O. The van der Waals surface area contributed by atoms with Crippen molar-refractivity contribution in [2.75, 3.05) is 23.7 Å². The monoisotopic (exact) mass is 547 g/mol. The lowest BCUT2D eigenvalue weighted by molar-refractivity contribution is -0.140. The minimum absolute atomic E-state index is 0.0393. The number of hydrogen-bond donors (Lipinski definition) is 1. The molecule has 0 aliphatic rings. The van der Waals surface area contributed by atoms with Gasteiger partial charge >= 0.3 is 0 Å². The maximum Gasteiger partial charge on any atom is 0.244 e. The van der Waals surface area contributed by atoms with Crippen LogP contribution in [0.15, 0.2) is 36.4 Å². The van der Waals surface area contributed by atoms with E-state index in [1.165, 1.54) is 11.0 Å².